The van der Waals surface area contributed by atoms with Crippen LogP contribution in [0.4, 0.5) is 10.1 Å². The molecule has 0 aromatic heterocycles. The van der Waals surface area contributed by atoms with Gasteiger partial charge in [-0.05, 0) is 37.0 Å². The van der Waals surface area contributed by atoms with E-state index in [9.17, 15) is 19.1 Å². The lowest BCUT2D eigenvalue weighted by Gasteiger charge is -2.29. The van der Waals surface area contributed by atoms with E-state index in [2.05, 4.69) is 5.32 Å². The molecule has 1 aromatic rings. The molecule has 124 valence electrons. The second-order valence-corrected chi connectivity index (χ2v) is 6.63. The SMILES string of the molecule is CN(CC1(O)CCCC1)C(=O)c1cc2c(cc1F)NC(=O)CC2. The Morgan fingerprint density at radius 2 is 2.04 bits per heavy atom. The number of aliphatic hydroxyl groups is 1. The first-order chi connectivity index (χ1) is 10.9. The number of hydrogen-bond acceptors (Lipinski definition) is 3. The van der Waals surface area contributed by atoms with Crippen LogP contribution in [0.25, 0.3) is 0 Å². The van der Waals surface area contributed by atoms with Crippen molar-refractivity contribution < 1.29 is 19.1 Å². The summed E-state index contributed by atoms with van der Waals surface area (Å²) in [5.41, 5.74) is 0.335. The maximum absolute atomic E-state index is 14.3. The van der Waals surface area contributed by atoms with E-state index >= 15 is 0 Å². The Bertz CT molecular complexity index is 653. The average molecular weight is 320 g/mol. The van der Waals surface area contributed by atoms with E-state index in [4.69, 9.17) is 0 Å². The van der Waals surface area contributed by atoms with Crippen molar-refractivity contribution in [3.63, 3.8) is 0 Å². The summed E-state index contributed by atoms with van der Waals surface area (Å²) in [7, 11) is 1.58. The van der Waals surface area contributed by atoms with E-state index in [0.717, 1.165) is 18.4 Å². The number of anilines is 1. The van der Waals surface area contributed by atoms with Crippen LogP contribution in [0.1, 0.15) is 48.0 Å². The molecule has 1 aliphatic heterocycles. The standard InChI is InChI=1S/C17H21FN2O3/c1-20(10-17(23)6-2-3-7-17)16(22)12-8-11-4-5-15(21)19-14(11)9-13(12)18/h8-9,23H,2-7,10H2,1H3,(H,19,21). The van der Waals surface area contributed by atoms with Crippen LogP contribution in [0.3, 0.4) is 0 Å². The minimum atomic E-state index is -0.858. The topological polar surface area (TPSA) is 69.6 Å². The lowest BCUT2D eigenvalue weighted by Crippen LogP contribution is -2.42. The number of benzene rings is 1. The average Bonchev–Trinajstić information content (AvgIpc) is 2.92. The Labute approximate surface area is 134 Å². The van der Waals surface area contributed by atoms with Gasteiger partial charge in [-0.15, -0.1) is 0 Å². The fourth-order valence-corrected chi connectivity index (χ4v) is 3.48. The fraction of sp³-hybridized carbons (Fsp3) is 0.529. The predicted molar refractivity (Wildman–Crippen MR) is 83.7 cm³/mol. The molecule has 0 radical (unpaired) electrons. The van der Waals surface area contributed by atoms with Crippen molar-refractivity contribution in [1.29, 1.82) is 0 Å². The van der Waals surface area contributed by atoms with Crippen LogP contribution in [0, 0.1) is 5.82 Å². The highest BCUT2D eigenvalue weighted by Gasteiger charge is 2.34. The minimum absolute atomic E-state index is 0.0102. The number of nitrogens with one attached hydrogen (secondary N) is 1. The van der Waals surface area contributed by atoms with Gasteiger partial charge in [0.1, 0.15) is 5.82 Å². The molecule has 1 aliphatic carbocycles. The van der Waals surface area contributed by atoms with Crippen LogP contribution in [-0.2, 0) is 11.2 Å². The zero-order valence-corrected chi connectivity index (χ0v) is 13.2. The summed E-state index contributed by atoms with van der Waals surface area (Å²) in [6, 6.07) is 2.72. The van der Waals surface area contributed by atoms with Crippen molar-refractivity contribution in [1.82, 2.24) is 4.90 Å². The van der Waals surface area contributed by atoms with Crippen LogP contribution in [-0.4, -0.2) is 41.0 Å². The molecule has 0 atom stereocenters. The minimum Gasteiger partial charge on any atom is -0.388 e. The monoisotopic (exact) mass is 320 g/mol. The molecule has 0 spiro atoms. The molecule has 2 amide bonds. The molecule has 5 nitrogen and oxygen atoms in total. The number of nitrogens with zero attached hydrogens (tertiary/aromatic N) is 1. The molecule has 6 heteroatoms. The van der Waals surface area contributed by atoms with Crippen molar-refractivity contribution in [2.24, 2.45) is 0 Å². The molecule has 1 saturated carbocycles. The van der Waals surface area contributed by atoms with Gasteiger partial charge in [-0.1, -0.05) is 12.8 Å². The zero-order chi connectivity index (χ0) is 16.6. The summed E-state index contributed by atoms with van der Waals surface area (Å²) in [4.78, 5) is 25.3. The van der Waals surface area contributed by atoms with E-state index in [1.165, 1.54) is 17.0 Å². The summed E-state index contributed by atoms with van der Waals surface area (Å²) >= 11 is 0. The molecule has 0 bridgehead atoms. The number of aryl methyl sites for hydroxylation is 1. The van der Waals surface area contributed by atoms with Crippen LogP contribution in [0.15, 0.2) is 12.1 Å². The molecule has 2 N–H and O–H groups in total. The Morgan fingerprint density at radius 1 is 1.35 bits per heavy atom. The Morgan fingerprint density at radius 3 is 2.74 bits per heavy atom. The predicted octanol–water partition coefficient (Wildman–Crippen LogP) is 2.09. The third-order valence-electron chi connectivity index (χ3n) is 4.73. The molecule has 1 heterocycles. The Kier molecular flexibility index (Phi) is 4.10. The van der Waals surface area contributed by atoms with E-state index in [1.807, 2.05) is 0 Å². The van der Waals surface area contributed by atoms with E-state index in [1.54, 1.807) is 7.05 Å². The summed E-state index contributed by atoms with van der Waals surface area (Å²) in [5.74, 6) is -1.24. The smallest absolute Gasteiger partial charge is 0.256 e. The quantitative estimate of drug-likeness (QED) is 0.896. The van der Waals surface area contributed by atoms with Crippen molar-refractivity contribution in [3.8, 4) is 0 Å². The van der Waals surface area contributed by atoms with Gasteiger partial charge >= 0.3 is 0 Å². The number of carbonyl (C=O) groups is 2. The number of rotatable bonds is 3. The molecular formula is C17H21FN2O3. The summed E-state index contributed by atoms with van der Waals surface area (Å²) in [5, 5.41) is 13.0. The van der Waals surface area contributed by atoms with Gasteiger partial charge in [-0.3, -0.25) is 9.59 Å². The molecule has 0 saturated heterocycles. The van der Waals surface area contributed by atoms with Crippen molar-refractivity contribution >= 4 is 17.5 Å². The first-order valence-electron chi connectivity index (χ1n) is 7.98. The van der Waals surface area contributed by atoms with Crippen molar-refractivity contribution in [2.45, 2.75) is 44.1 Å². The van der Waals surface area contributed by atoms with Gasteiger partial charge in [0.25, 0.3) is 5.91 Å². The highest BCUT2D eigenvalue weighted by atomic mass is 19.1. The van der Waals surface area contributed by atoms with Crippen LogP contribution in [0.2, 0.25) is 0 Å². The second kappa shape index (κ2) is 5.92. The largest absolute Gasteiger partial charge is 0.388 e. The number of hydrogen-bond donors (Lipinski definition) is 2. The van der Waals surface area contributed by atoms with Crippen LogP contribution >= 0.6 is 0 Å². The zero-order valence-electron chi connectivity index (χ0n) is 13.2. The van der Waals surface area contributed by atoms with Crippen molar-refractivity contribution in [3.05, 3.63) is 29.1 Å². The van der Waals surface area contributed by atoms with Crippen molar-refractivity contribution in [2.75, 3.05) is 18.9 Å². The van der Waals surface area contributed by atoms with Gasteiger partial charge in [0.15, 0.2) is 0 Å². The second-order valence-electron chi connectivity index (χ2n) is 6.63. The summed E-state index contributed by atoms with van der Waals surface area (Å²) < 4.78 is 14.3. The van der Waals surface area contributed by atoms with Gasteiger partial charge in [-0.2, -0.15) is 0 Å². The third kappa shape index (κ3) is 3.22. The Hall–Kier alpha value is -1.95. The molecule has 23 heavy (non-hydrogen) atoms. The summed E-state index contributed by atoms with van der Waals surface area (Å²) in [6.07, 6.45) is 4.07. The normalized spacial score (nSPS) is 19.2. The molecule has 2 aliphatic rings. The fourth-order valence-electron chi connectivity index (χ4n) is 3.48. The number of fused-ring (bicyclic) bond motifs is 1. The van der Waals surface area contributed by atoms with E-state index in [0.29, 0.717) is 31.4 Å². The highest BCUT2D eigenvalue weighted by molar-refractivity contribution is 5.98. The van der Waals surface area contributed by atoms with E-state index < -0.39 is 17.3 Å². The number of carbonyl (C=O) groups excluding carboxylic acids is 2. The number of likely N-dealkylation sites (N-methyl/N-ethyl adjacent to an activating group) is 1. The maximum atomic E-state index is 14.3. The summed E-state index contributed by atoms with van der Waals surface area (Å²) in [6.45, 7) is 0.207. The molecule has 0 unspecified atom stereocenters. The van der Waals surface area contributed by atoms with Gasteiger partial charge in [0, 0.05) is 25.7 Å². The van der Waals surface area contributed by atoms with Gasteiger partial charge in [0.2, 0.25) is 5.91 Å². The molecule has 1 aromatic carbocycles. The number of halogens is 1. The van der Waals surface area contributed by atoms with Gasteiger partial charge in [-0.25, -0.2) is 4.39 Å². The molecule has 1 fully saturated rings. The molecular weight excluding hydrogens is 299 g/mol. The van der Waals surface area contributed by atoms with Gasteiger partial charge in [0.05, 0.1) is 11.2 Å². The van der Waals surface area contributed by atoms with Crippen LogP contribution < -0.4 is 5.32 Å². The van der Waals surface area contributed by atoms with Gasteiger partial charge < -0.3 is 15.3 Å². The lowest BCUT2D eigenvalue weighted by atomic mass is 9.98. The number of amides is 2. The first-order valence-corrected chi connectivity index (χ1v) is 7.98. The third-order valence-corrected chi connectivity index (χ3v) is 4.73. The van der Waals surface area contributed by atoms with Crippen LogP contribution in [0.5, 0.6) is 0 Å². The molecule has 3 rings (SSSR count). The lowest BCUT2D eigenvalue weighted by molar-refractivity contribution is -0.116. The first kappa shape index (κ1) is 15.9. The Balaban J connectivity index is 1.80. The van der Waals surface area contributed by atoms with E-state index in [-0.39, 0.29) is 18.0 Å². The highest BCUT2D eigenvalue weighted by Crippen LogP contribution is 2.31. The maximum Gasteiger partial charge on any atom is 0.256 e.